The Balaban J connectivity index is 1.33. The summed E-state index contributed by atoms with van der Waals surface area (Å²) in [5, 5.41) is 0. The number of aromatic amines is 2. The lowest BCUT2D eigenvalue weighted by Gasteiger charge is -2.26. The summed E-state index contributed by atoms with van der Waals surface area (Å²) < 4.78 is 13.1. The quantitative estimate of drug-likeness (QED) is 0.548. The normalized spacial score (nSPS) is 13.9. The summed E-state index contributed by atoms with van der Waals surface area (Å²) in [6, 6.07) is 9.95. The Morgan fingerprint density at radius 2 is 1.83 bits per heavy atom. The van der Waals surface area contributed by atoms with Gasteiger partial charge in [-0.1, -0.05) is 0 Å². The molecule has 0 spiro atoms. The zero-order valence-corrected chi connectivity index (χ0v) is 16.1. The Morgan fingerprint density at radius 1 is 1.03 bits per heavy atom. The van der Waals surface area contributed by atoms with Gasteiger partial charge in [0, 0.05) is 37.5 Å². The van der Waals surface area contributed by atoms with Gasteiger partial charge < -0.3 is 9.97 Å². The predicted octanol–water partition coefficient (Wildman–Crippen LogP) is 2.92. The van der Waals surface area contributed by atoms with Crippen molar-refractivity contribution in [3.05, 3.63) is 88.2 Å². The smallest absolute Gasteiger partial charge is 0.255 e. The molecule has 0 atom stereocenters. The lowest BCUT2D eigenvalue weighted by Crippen LogP contribution is -2.35. The number of nitrogens with zero attached hydrogens (tertiary/aromatic N) is 4. The molecular formula is C22H19FN6O. The predicted molar refractivity (Wildman–Crippen MR) is 110 cm³/mol. The SMILES string of the molecule is O=c1[nH]c(-c2ccncc2)nc2c1CN(Cc1ncc(-c3ccc(F)cc3)[nH]1)CC2. The van der Waals surface area contributed by atoms with E-state index in [0.29, 0.717) is 30.9 Å². The molecule has 5 rings (SSSR count). The average Bonchev–Trinajstić information content (AvgIpc) is 3.23. The molecule has 0 fully saturated rings. The van der Waals surface area contributed by atoms with E-state index in [1.165, 1.54) is 12.1 Å². The fraction of sp³-hybridized carbons (Fsp3) is 0.182. The van der Waals surface area contributed by atoms with Crippen LogP contribution in [0, 0.1) is 5.82 Å². The molecule has 8 heteroatoms. The van der Waals surface area contributed by atoms with Crippen LogP contribution in [0.15, 0.2) is 59.8 Å². The van der Waals surface area contributed by atoms with E-state index in [-0.39, 0.29) is 11.4 Å². The van der Waals surface area contributed by atoms with Crippen molar-refractivity contribution in [1.29, 1.82) is 0 Å². The average molecular weight is 402 g/mol. The van der Waals surface area contributed by atoms with Crippen LogP contribution in [0.25, 0.3) is 22.6 Å². The van der Waals surface area contributed by atoms with E-state index in [4.69, 9.17) is 0 Å². The van der Waals surface area contributed by atoms with Crippen LogP contribution in [0.5, 0.6) is 0 Å². The maximum absolute atomic E-state index is 13.1. The van der Waals surface area contributed by atoms with Gasteiger partial charge >= 0.3 is 0 Å². The maximum Gasteiger partial charge on any atom is 0.255 e. The van der Waals surface area contributed by atoms with E-state index in [1.807, 2.05) is 12.1 Å². The third-order valence-electron chi connectivity index (χ3n) is 5.26. The number of hydrogen-bond acceptors (Lipinski definition) is 5. The van der Waals surface area contributed by atoms with Crippen LogP contribution in [0.4, 0.5) is 4.39 Å². The first-order valence-corrected chi connectivity index (χ1v) is 9.70. The molecule has 0 saturated heterocycles. The van der Waals surface area contributed by atoms with Crippen LogP contribution < -0.4 is 5.56 Å². The summed E-state index contributed by atoms with van der Waals surface area (Å²) in [6.07, 6.45) is 5.80. The molecule has 4 heterocycles. The first-order valence-electron chi connectivity index (χ1n) is 9.70. The maximum atomic E-state index is 13.1. The van der Waals surface area contributed by atoms with Crippen molar-refractivity contribution >= 4 is 0 Å². The molecule has 0 unspecified atom stereocenters. The lowest BCUT2D eigenvalue weighted by molar-refractivity contribution is 0.236. The second-order valence-electron chi connectivity index (χ2n) is 7.29. The van der Waals surface area contributed by atoms with Crippen LogP contribution >= 0.6 is 0 Å². The van der Waals surface area contributed by atoms with E-state index in [2.05, 4.69) is 29.8 Å². The monoisotopic (exact) mass is 402 g/mol. The van der Waals surface area contributed by atoms with Crippen LogP contribution in [-0.4, -0.2) is 36.4 Å². The molecule has 7 nitrogen and oxygen atoms in total. The summed E-state index contributed by atoms with van der Waals surface area (Å²) in [7, 11) is 0. The van der Waals surface area contributed by atoms with E-state index in [1.54, 1.807) is 30.7 Å². The van der Waals surface area contributed by atoms with Crippen molar-refractivity contribution in [3.63, 3.8) is 0 Å². The van der Waals surface area contributed by atoms with E-state index >= 15 is 0 Å². The highest BCUT2D eigenvalue weighted by molar-refractivity contribution is 5.58. The highest BCUT2D eigenvalue weighted by atomic mass is 19.1. The van der Waals surface area contributed by atoms with Gasteiger partial charge in [0.25, 0.3) is 5.56 Å². The summed E-state index contributed by atoms with van der Waals surface area (Å²) in [5.41, 5.74) is 3.99. The van der Waals surface area contributed by atoms with Gasteiger partial charge in [0.2, 0.25) is 0 Å². The van der Waals surface area contributed by atoms with Crippen LogP contribution in [-0.2, 0) is 19.5 Å². The summed E-state index contributed by atoms with van der Waals surface area (Å²) in [6.45, 7) is 1.89. The molecular weight excluding hydrogens is 383 g/mol. The minimum Gasteiger partial charge on any atom is -0.341 e. The van der Waals surface area contributed by atoms with Crippen molar-refractivity contribution in [3.8, 4) is 22.6 Å². The first kappa shape index (κ1) is 18.4. The fourth-order valence-corrected chi connectivity index (χ4v) is 3.69. The standard InChI is InChI=1S/C22H19FN6O/c23-16-3-1-14(2-4-16)19-11-25-20(26-19)13-29-10-7-18-17(12-29)22(30)28-21(27-18)15-5-8-24-9-6-15/h1-6,8-9,11H,7,10,12-13H2,(H,25,26)(H,27,28,30). The minimum atomic E-state index is -0.267. The zero-order chi connectivity index (χ0) is 20.5. The Bertz CT molecular complexity index is 1230. The third-order valence-corrected chi connectivity index (χ3v) is 5.26. The zero-order valence-electron chi connectivity index (χ0n) is 16.1. The largest absolute Gasteiger partial charge is 0.341 e. The molecule has 2 N–H and O–H groups in total. The van der Waals surface area contributed by atoms with Crippen LogP contribution in [0.3, 0.4) is 0 Å². The number of aromatic nitrogens is 5. The molecule has 1 aliphatic rings. The van der Waals surface area contributed by atoms with Gasteiger partial charge in [-0.3, -0.25) is 14.7 Å². The molecule has 0 bridgehead atoms. The fourth-order valence-electron chi connectivity index (χ4n) is 3.69. The second kappa shape index (κ2) is 7.64. The number of fused-ring (bicyclic) bond motifs is 1. The number of H-pyrrole nitrogens is 2. The van der Waals surface area contributed by atoms with Gasteiger partial charge in [-0.2, -0.15) is 0 Å². The van der Waals surface area contributed by atoms with Crippen molar-refractivity contribution < 1.29 is 4.39 Å². The number of benzene rings is 1. The van der Waals surface area contributed by atoms with Gasteiger partial charge in [-0.05, 0) is 42.0 Å². The number of hydrogen-bond donors (Lipinski definition) is 2. The summed E-state index contributed by atoms with van der Waals surface area (Å²) in [4.78, 5) is 34.1. The number of rotatable bonds is 4. The third kappa shape index (κ3) is 3.65. The van der Waals surface area contributed by atoms with E-state index < -0.39 is 0 Å². The summed E-state index contributed by atoms with van der Waals surface area (Å²) in [5.74, 6) is 1.11. The van der Waals surface area contributed by atoms with Crippen LogP contribution in [0.1, 0.15) is 17.1 Å². The molecule has 0 radical (unpaired) electrons. The number of halogens is 1. The molecule has 30 heavy (non-hydrogen) atoms. The molecule has 1 aliphatic heterocycles. The van der Waals surface area contributed by atoms with Crippen LogP contribution in [0.2, 0.25) is 0 Å². The molecule has 1 aromatic carbocycles. The van der Waals surface area contributed by atoms with Crippen molar-refractivity contribution in [2.24, 2.45) is 0 Å². The number of pyridine rings is 1. The van der Waals surface area contributed by atoms with Gasteiger partial charge in [0.1, 0.15) is 17.5 Å². The Morgan fingerprint density at radius 3 is 2.63 bits per heavy atom. The lowest BCUT2D eigenvalue weighted by atomic mass is 10.1. The van der Waals surface area contributed by atoms with Gasteiger partial charge in [0.15, 0.2) is 0 Å². The molecule has 3 aromatic heterocycles. The van der Waals surface area contributed by atoms with E-state index in [9.17, 15) is 9.18 Å². The topological polar surface area (TPSA) is 90.6 Å². The van der Waals surface area contributed by atoms with Gasteiger partial charge in [-0.15, -0.1) is 0 Å². The Kier molecular flexibility index (Phi) is 4.68. The summed E-state index contributed by atoms with van der Waals surface area (Å²) >= 11 is 0. The number of imidazole rings is 1. The van der Waals surface area contributed by atoms with Gasteiger partial charge in [0.05, 0.1) is 29.7 Å². The Hall–Kier alpha value is -3.65. The highest BCUT2D eigenvalue weighted by Crippen LogP contribution is 2.21. The van der Waals surface area contributed by atoms with Gasteiger partial charge in [-0.25, -0.2) is 14.4 Å². The van der Waals surface area contributed by atoms with Crippen molar-refractivity contribution in [2.75, 3.05) is 6.54 Å². The molecule has 0 amide bonds. The molecule has 150 valence electrons. The molecule has 0 aliphatic carbocycles. The number of nitrogens with one attached hydrogen (secondary N) is 2. The van der Waals surface area contributed by atoms with E-state index in [0.717, 1.165) is 34.9 Å². The molecule has 4 aromatic rings. The van der Waals surface area contributed by atoms with Crippen molar-refractivity contribution in [2.45, 2.75) is 19.5 Å². The first-order chi connectivity index (χ1) is 14.7. The minimum absolute atomic E-state index is 0.108. The molecule has 0 saturated carbocycles. The Labute approximate surface area is 171 Å². The van der Waals surface area contributed by atoms with Crippen molar-refractivity contribution in [1.82, 2.24) is 29.8 Å². The second-order valence-corrected chi connectivity index (χ2v) is 7.29. The highest BCUT2D eigenvalue weighted by Gasteiger charge is 2.22.